The van der Waals surface area contributed by atoms with Gasteiger partial charge in [-0.05, 0) is 18.6 Å². The molecule has 1 heterocycles. The SMILES string of the molecule is CCn1nnc(CO)c1/C=C/c1ccccc1. The van der Waals surface area contributed by atoms with Crippen LogP contribution >= 0.6 is 0 Å². The normalized spacial score (nSPS) is 11.2. The molecule has 0 atom stereocenters. The fraction of sp³-hybridized carbons (Fsp3) is 0.231. The zero-order valence-electron chi connectivity index (χ0n) is 9.74. The lowest BCUT2D eigenvalue weighted by molar-refractivity contribution is 0.276. The summed E-state index contributed by atoms with van der Waals surface area (Å²) in [5.74, 6) is 0. The van der Waals surface area contributed by atoms with Gasteiger partial charge in [0.05, 0.1) is 12.3 Å². The summed E-state index contributed by atoms with van der Waals surface area (Å²) in [7, 11) is 0. The highest BCUT2D eigenvalue weighted by molar-refractivity contribution is 5.68. The van der Waals surface area contributed by atoms with Gasteiger partial charge < -0.3 is 5.11 Å². The highest BCUT2D eigenvalue weighted by Gasteiger charge is 2.07. The minimum Gasteiger partial charge on any atom is -0.390 e. The summed E-state index contributed by atoms with van der Waals surface area (Å²) in [6.07, 6.45) is 3.92. The molecule has 0 aliphatic carbocycles. The van der Waals surface area contributed by atoms with Crippen LogP contribution in [0.25, 0.3) is 12.2 Å². The summed E-state index contributed by atoms with van der Waals surface area (Å²) in [5.41, 5.74) is 2.58. The lowest BCUT2D eigenvalue weighted by Crippen LogP contribution is -1.99. The molecule has 0 spiro atoms. The molecule has 0 radical (unpaired) electrons. The van der Waals surface area contributed by atoms with E-state index in [2.05, 4.69) is 10.3 Å². The van der Waals surface area contributed by atoms with Crippen LogP contribution in [0.15, 0.2) is 30.3 Å². The molecule has 4 nitrogen and oxygen atoms in total. The molecule has 0 fully saturated rings. The Labute approximate surface area is 100 Å². The van der Waals surface area contributed by atoms with Crippen LogP contribution in [-0.4, -0.2) is 20.1 Å². The van der Waals surface area contributed by atoms with Crippen molar-refractivity contribution in [1.29, 1.82) is 0 Å². The largest absolute Gasteiger partial charge is 0.390 e. The molecular weight excluding hydrogens is 214 g/mol. The number of aliphatic hydroxyl groups is 1. The van der Waals surface area contributed by atoms with Gasteiger partial charge in [0.1, 0.15) is 5.69 Å². The Balaban J connectivity index is 2.29. The second-order valence-corrected chi connectivity index (χ2v) is 3.64. The Morgan fingerprint density at radius 3 is 2.65 bits per heavy atom. The second kappa shape index (κ2) is 5.41. The van der Waals surface area contributed by atoms with Crippen molar-refractivity contribution < 1.29 is 5.11 Å². The van der Waals surface area contributed by atoms with Crippen LogP contribution in [0, 0.1) is 0 Å². The van der Waals surface area contributed by atoms with E-state index >= 15 is 0 Å². The van der Waals surface area contributed by atoms with Gasteiger partial charge in [0.25, 0.3) is 0 Å². The van der Waals surface area contributed by atoms with Gasteiger partial charge in [-0.2, -0.15) is 0 Å². The summed E-state index contributed by atoms with van der Waals surface area (Å²) in [6.45, 7) is 2.64. The molecule has 4 heteroatoms. The van der Waals surface area contributed by atoms with E-state index in [4.69, 9.17) is 0 Å². The van der Waals surface area contributed by atoms with E-state index in [1.54, 1.807) is 4.68 Å². The van der Waals surface area contributed by atoms with Crippen LogP contribution in [-0.2, 0) is 13.2 Å². The van der Waals surface area contributed by atoms with Gasteiger partial charge in [0.15, 0.2) is 0 Å². The van der Waals surface area contributed by atoms with Crippen molar-refractivity contribution >= 4 is 12.2 Å². The molecule has 0 saturated heterocycles. The van der Waals surface area contributed by atoms with Crippen LogP contribution in [0.2, 0.25) is 0 Å². The van der Waals surface area contributed by atoms with Crippen LogP contribution in [0.3, 0.4) is 0 Å². The number of hydrogen-bond donors (Lipinski definition) is 1. The van der Waals surface area contributed by atoms with Crippen LogP contribution in [0.5, 0.6) is 0 Å². The van der Waals surface area contributed by atoms with Crippen molar-refractivity contribution in [3.05, 3.63) is 47.3 Å². The Morgan fingerprint density at radius 2 is 2.00 bits per heavy atom. The maximum absolute atomic E-state index is 9.17. The summed E-state index contributed by atoms with van der Waals surface area (Å²) >= 11 is 0. The van der Waals surface area contributed by atoms with Gasteiger partial charge in [-0.25, -0.2) is 4.68 Å². The molecule has 0 unspecified atom stereocenters. The zero-order valence-corrected chi connectivity index (χ0v) is 9.74. The third-order valence-corrected chi connectivity index (χ3v) is 2.53. The van der Waals surface area contributed by atoms with Gasteiger partial charge in [-0.3, -0.25) is 0 Å². The average Bonchev–Trinajstić information content (AvgIpc) is 2.79. The molecule has 0 aliphatic heterocycles. The zero-order chi connectivity index (χ0) is 12.1. The number of aryl methyl sites for hydroxylation is 1. The van der Waals surface area contributed by atoms with Crippen molar-refractivity contribution in [2.24, 2.45) is 0 Å². The summed E-state index contributed by atoms with van der Waals surface area (Å²) in [5, 5.41) is 17.1. The maximum atomic E-state index is 9.17. The smallest absolute Gasteiger partial charge is 0.115 e. The number of nitrogens with zero attached hydrogens (tertiary/aromatic N) is 3. The Hall–Kier alpha value is -1.94. The molecule has 1 aromatic heterocycles. The van der Waals surface area contributed by atoms with E-state index in [1.165, 1.54) is 0 Å². The number of aliphatic hydroxyl groups excluding tert-OH is 1. The van der Waals surface area contributed by atoms with Crippen molar-refractivity contribution in [3.63, 3.8) is 0 Å². The molecular formula is C13H15N3O. The molecule has 0 aliphatic rings. The summed E-state index contributed by atoms with van der Waals surface area (Å²) in [6, 6.07) is 10.0. The van der Waals surface area contributed by atoms with Crippen molar-refractivity contribution in [1.82, 2.24) is 15.0 Å². The first-order chi connectivity index (χ1) is 8.35. The minimum atomic E-state index is -0.0888. The fourth-order valence-corrected chi connectivity index (χ4v) is 1.62. The molecule has 88 valence electrons. The molecule has 17 heavy (non-hydrogen) atoms. The first kappa shape index (κ1) is 11.5. The van der Waals surface area contributed by atoms with E-state index in [-0.39, 0.29) is 6.61 Å². The van der Waals surface area contributed by atoms with E-state index in [0.29, 0.717) is 5.69 Å². The first-order valence-corrected chi connectivity index (χ1v) is 5.61. The maximum Gasteiger partial charge on any atom is 0.115 e. The van der Waals surface area contributed by atoms with Crippen molar-refractivity contribution in [2.45, 2.75) is 20.1 Å². The van der Waals surface area contributed by atoms with Gasteiger partial charge in [-0.15, -0.1) is 5.10 Å². The van der Waals surface area contributed by atoms with Gasteiger partial charge in [-0.1, -0.05) is 41.6 Å². The Bertz CT molecular complexity index is 481. The van der Waals surface area contributed by atoms with E-state index in [0.717, 1.165) is 17.8 Å². The minimum absolute atomic E-state index is 0.0888. The monoisotopic (exact) mass is 229 g/mol. The molecule has 0 amide bonds. The number of rotatable bonds is 4. The van der Waals surface area contributed by atoms with Crippen LogP contribution in [0.1, 0.15) is 23.9 Å². The molecule has 2 aromatic rings. The number of benzene rings is 1. The summed E-state index contributed by atoms with van der Waals surface area (Å²) in [4.78, 5) is 0. The standard InChI is InChI=1S/C13H15N3O/c1-2-16-13(12(10-17)14-15-16)9-8-11-6-4-3-5-7-11/h3-9,17H,2,10H2,1H3/b9-8+. The molecule has 0 bridgehead atoms. The van der Waals surface area contributed by atoms with Crippen molar-refractivity contribution in [3.8, 4) is 0 Å². The van der Waals surface area contributed by atoms with Gasteiger partial charge >= 0.3 is 0 Å². The third kappa shape index (κ3) is 2.60. The number of aromatic nitrogens is 3. The highest BCUT2D eigenvalue weighted by atomic mass is 16.3. The molecule has 1 N–H and O–H groups in total. The second-order valence-electron chi connectivity index (χ2n) is 3.64. The van der Waals surface area contributed by atoms with E-state index in [9.17, 15) is 5.11 Å². The Morgan fingerprint density at radius 1 is 1.24 bits per heavy atom. The number of hydrogen-bond acceptors (Lipinski definition) is 3. The predicted octanol–water partition coefficient (Wildman–Crippen LogP) is 1.96. The van der Waals surface area contributed by atoms with E-state index < -0.39 is 0 Å². The molecule has 0 saturated carbocycles. The quantitative estimate of drug-likeness (QED) is 0.872. The third-order valence-electron chi connectivity index (χ3n) is 2.53. The lowest BCUT2D eigenvalue weighted by Gasteiger charge is -1.99. The van der Waals surface area contributed by atoms with Crippen LogP contribution < -0.4 is 0 Å². The van der Waals surface area contributed by atoms with Gasteiger partial charge in [0, 0.05) is 6.54 Å². The van der Waals surface area contributed by atoms with Crippen LogP contribution in [0.4, 0.5) is 0 Å². The first-order valence-electron chi connectivity index (χ1n) is 5.61. The van der Waals surface area contributed by atoms with Gasteiger partial charge in [0.2, 0.25) is 0 Å². The van der Waals surface area contributed by atoms with Crippen molar-refractivity contribution in [2.75, 3.05) is 0 Å². The highest BCUT2D eigenvalue weighted by Crippen LogP contribution is 2.11. The summed E-state index contributed by atoms with van der Waals surface area (Å²) < 4.78 is 1.77. The Kier molecular flexibility index (Phi) is 3.67. The molecule has 1 aromatic carbocycles. The predicted molar refractivity (Wildman–Crippen MR) is 67.0 cm³/mol. The van der Waals surface area contributed by atoms with E-state index in [1.807, 2.05) is 49.4 Å². The fourth-order valence-electron chi connectivity index (χ4n) is 1.62. The molecule has 2 rings (SSSR count). The average molecular weight is 229 g/mol. The topological polar surface area (TPSA) is 50.9 Å². The lowest BCUT2D eigenvalue weighted by atomic mass is 10.2.